The van der Waals surface area contributed by atoms with Crippen LogP contribution in [0.15, 0.2) is 48.8 Å². The van der Waals surface area contributed by atoms with Crippen molar-refractivity contribution in [2.24, 2.45) is 0 Å². The topological polar surface area (TPSA) is 57.8 Å². The monoisotopic (exact) mass is 265 g/mol. The second kappa shape index (κ2) is 5.17. The molecule has 0 aliphatic carbocycles. The Balaban J connectivity index is 1.75. The van der Waals surface area contributed by atoms with Gasteiger partial charge in [-0.25, -0.2) is 0 Å². The third kappa shape index (κ3) is 2.54. The predicted molar refractivity (Wildman–Crippen MR) is 78.4 cm³/mol. The Kier molecular flexibility index (Phi) is 3.21. The zero-order chi connectivity index (χ0) is 13.9. The minimum absolute atomic E-state index is 0.109. The second-order valence-corrected chi connectivity index (χ2v) is 4.82. The van der Waals surface area contributed by atoms with E-state index in [-0.39, 0.29) is 5.91 Å². The van der Waals surface area contributed by atoms with Gasteiger partial charge in [0, 0.05) is 29.8 Å². The van der Waals surface area contributed by atoms with Gasteiger partial charge in [-0.05, 0) is 36.2 Å². The number of nitrogens with one attached hydrogen (secondary N) is 2. The highest BCUT2D eigenvalue weighted by molar-refractivity contribution is 5.98. The minimum Gasteiger partial charge on any atom is -0.351 e. The first-order chi connectivity index (χ1) is 9.72. The summed E-state index contributed by atoms with van der Waals surface area (Å²) in [5, 5.41) is 3.92. The lowest BCUT2D eigenvalue weighted by atomic mass is 10.2. The Morgan fingerprint density at radius 3 is 3.00 bits per heavy atom. The first-order valence-electron chi connectivity index (χ1n) is 6.49. The fourth-order valence-electron chi connectivity index (χ4n) is 2.14. The molecule has 4 heteroatoms. The van der Waals surface area contributed by atoms with E-state index in [1.165, 1.54) is 5.56 Å². The normalized spacial score (nSPS) is 10.7. The van der Waals surface area contributed by atoms with E-state index < -0.39 is 0 Å². The Bertz CT molecular complexity index is 747. The molecule has 0 saturated heterocycles. The summed E-state index contributed by atoms with van der Waals surface area (Å²) >= 11 is 0. The van der Waals surface area contributed by atoms with Crippen LogP contribution in [0.4, 0.5) is 0 Å². The van der Waals surface area contributed by atoms with Crippen LogP contribution >= 0.6 is 0 Å². The molecule has 1 aromatic carbocycles. The van der Waals surface area contributed by atoms with Crippen molar-refractivity contribution in [1.82, 2.24) is 15.3 Å². The zero-order valence-electron chi connectivity index (χ0n) is 11.2. The highest BCUT2D eigenvalue weighted by Gasteiger charge is 2.09. The predicted octanol–water partition coefficient (Wildman–Crippen LogP) is 2.80. The van der Waals surface area contributed by atoms with E-state index in [2.05, 4.69) is 15.3 Å². The van der Waals surface area contributed by atoms with Crippen LogP contribution < -0.4 is 5.32 Å². The van der Waals surface area contributed by atoms with Gasteiger partial charge in [-0.2, -0.15) is 0 Å². The first-order valence-corrected chi connectivity index (χ1v) is 6.49. The molecule has 100 valence electrons. The van der Waals surface area contributed by atoms with E-state index in [1.807, 2.05) is 43.3 Å². The molecule has 1 amide bonds. The fourth-order valence-corrected chi connectivity index (χ4v) is 2.14. The maximum absolute atomic E-state index is 12.1. The number of aromatic amines is 1. The van der Waals surface area contributed by atoms with Gasteiger partial charge in [0.05, 0.1) is 0 Å². The Labute approximate surface area is 116 Å². The summed E-state index contributed by atoms with van der Waals surface area (Å²) in [4.78, 5) is 19.3. The number of benzene rings is 1. The number of rotatable bonds is 3. The molecule has 2 N–H and O–H groups in total. The van der Waals surface area contributed by atoms with Crippen LogP contribution in [0, 0.1) is 6.92 Å². The number of aryl methyl sites for hydroxylation is 1. The summed E-state index contributed by atoms with van der Waals surface area (Å²) in [7, 11) is 0. The van der Waals surface area contributed by atoms with Crippen LogP contribution in [-0.4, -0.2) is 15.9 Å². The molecule has 3 aromatic rings. The standard InChI is InChI=1S/C16H15N3O/c1-11-4-5-13-8-15(19-14(13)7-11)16(20)18-10-12-3-2-6-17-9-12/h2-9,19H,10H2,1H3,(H,18,20). The van der Waals surface area contributed by atoms with Crippen molar-refractivity contribution in [3.05, 3.63) is 65.6 Å². The van der Waals surface area contributed by atoms with Crippen LogP contribution in [0.2, 0.25) is 0 Å². The van der Waals surface area contributed by atoms with E-state index in [1.54, 1.807) is 12.4 Å². The van der Waals surface area contributed by atoms with Crippen molar-refractivity contribution in [3.63, 3.8) is 0 Å². The quantitative estimate of drug-likeness (QED) is 0.765. The van der Waals surface area contributed by atoms with Crippen molar-refractivity contribution in [2.75, 3.05) is 0 Å². The van der Waals surface area contributed by atoms with Crippen LogP contribution in [0.1, 0.15) is 21.6 Å². The molecule has 2 heterocycles. The maximum Gasteiger partial charge on any atom is 0.267 e. The lowest BCUT2D eigenvalue weighted by molar-refractivity contribution is 0.0946. The van der Waals surface area contributed by atoms with Crippen molar-refractivity contribution in [3.8, 4) is 0 Å². The number of H-pyrrole nitrogens is 1. The molecule has 0 radical (unpaired) electrons. The van der Waals surface area contributed by atoms with Gasteiger partial charge in [0.15, 0.2) is 0 Å². The number of pyridine rings is 1. The largest absolute Gasteiger partial charge is 0.351 e. The molecule has 0 aliphatic rings. The number of amides is 1. The molecule has 2 aromatic heterocycles. The Hall–Kier alpha value is -2.62. The van der Waals surface area contributed by atoms with Crippen molar-refractivity contribution < 1.29 is 4.79 Å². The highest BCUT2D eigenvalue weighted by atomic mass is 16.1. The molecular weight excluding hydrogens is 250 g/mol. The summed E-state index contributed by atoms with van der Waals surface area (Å²) < 4.78 is 0. The Morgan fingerprint density at radius 1 is 1.30 bits per heavy atom. The zero-order valence-corrected chi connectivity index (χ0v) is 11.2. The van der Waals surface area contributed by atoms with Gasteiger partial charge in [-0.15, -0.1) is 0 Å². The molecule has 3 rings (SSSR count). The third-order valence-corrected chi connectivity index (χ3v) is 3.20. The Morgan fingerprint density at radius 2 is 2.20 bits per heavy atom. The smallest absolute Gasteiger partial charge is 0.267 e. The average molecular weight is 265 g/mol. The summed E-state index contributed by atoms with van der Waals surface area (Å²) in [6.45, 7) is 2.50. The molecule has 4 nitrogen and oxygen atoms in total. The molecule has 0 bridgehead atoms. The van der Waals surface area contributed by atoms with E-state index >= 15 is 0 Å². The maximum atomic E-state index is 12.1. The van der Waals surface area contributed by atoms with Gasteiger partial charge in [0.1, 0.15) is 5.69 Å². The van der Waals surface area contributed by atoms with E-state index in [4.69, 9.17) is 0 Å². The number of carbonyl (C=O) groups excluding carboxylic acids is 1. The molecule has 0 unspecified atom stereocenters. The summed E-state index contributed by atoms with van der Waals surface area (Å²) in [6.07, 6.45) is 3.46. The van der Waals surface area contributed by atoms with E-state index in [0.29, 0.717) is 12.2 Å². The van der Waals surface area contributed by atoms with Crippen LogP contribution in [0.25, 0.3) is 10.9 Å². The van der Waals surface area contributed by atoms with E-state index in [0.717, 1.165) is 16.5 Å². The van der Waals surface area contributed by atoms with Crippen LogP contribution in [-0.2, 0) is 6.54 Å². The lowest BCUT2D eigenvalue weighted by Crippen LogP contribution is -2.23. The highest BCUT2D eigenvalue weighted by Crippen LogP contribution is 2.16. The number of hydrogen-bond donors (Lipinski definition) is 2. The summed E-state index contributed by atoms with van der Waals surface area (Å²) in [5.41, 5.74) is 3.71. The number of nitrogens with zero attached hydrogens (tertiary/aromatic N) is 1. The molecule has 0 spiro atoms. The molecule has 0 atom stereocenters. The van der Waals surface area contributed by atoms with E-state index in [9.17, 15) is 4.79 Å². The average Bonchev–Trinajstić information content (AvgIpc) is 2.89. The van der Waals surface area contributed by atoms with Crippen molar-refractivity contribution in [1.29, 1.82) is 0 Å². The van der Waals surface area contributed by atoms with Crippen molar-refractivity contribution in [2.45, 2.75) is 13.5 Å². The summed E-state index contributed by atoms with van der Waals surface area (Å²) in [6, 6.07) is 11.7. The number of fused-ring (bicyclic) bond motifs is 1. The molecule has 0 saturated carbocycles. The van der Waals surface area contributed by atoms with Gasteiger partial charge in [0.2, 0.25) is 0 Å². The first kappa shape index (κ1) is 12.4. The SMILES string of the molecule is Cc1ccc2cc(C(=O)NCc3cccnc3)[nH]c2c1. The van der Waals surface area contributed by atoms with Gasteiger partial charge in [0.25, 0.3) is 5.91 Å². The van der Waals surface area contributed by atoms with Crippen LogP contribution in [0.3, 0.4) is 0 Å². The molecule has 20 heavy (non-hydrogen) atoms. The molecule has 0 aliphatic heterocycles. The van der Waals surface area contributed by atoms with Gasteiger partial charge < -0.3 is 10.3 Å². The second-order valence-electron chi connectivity index (χ2n) is 4.82. The summed E-state index contributed by atoms with van der Waals surface area (Å²) in [5.74, 6) is -0.109. The van der Waals surface area contributed by atoms with Gasteiger partial charge in [-0.3, -0.25) is 9.78 Å². The molecule has 0 fully saturated rings. The van der Waals surface area contributed by atoms with Crippen LogP contribution in [0.5, 0.6) is 0 Å². The minimum atomic E-state index is -0.109. The third-order valence-electron chi connectivity index (χ3n) is 3.20. The van der Waals surface area contributed by atoms with Crippen molar-refractivity contribution >= 4 is 16.8 Å². The van der Waals surface area contributed by atoms with Gasteiger partial charge >= 0.3 is 0 Å². The number of carbonyl (C=O) groups is 1. The number of hydrogen-bond acceptors (Lipinski definition) is 2. The molecular formula is C16H15N3O. The fraction of sp³-hybridized carbons (Fsp3) is 0.125. The lowest BCUT2D eigenvalue weighted by Gasteiger charge is -2.02. The van der Waals surface area contributed by atoms with Gasteiger partial charge in [-0.1, -0.05) is 18.2 Å². The number of aromatic nitrogens is 2.